The van der Waals surface area contributed by atoms with Crippen molar-refractivity contribution in [3.05, 3.63) is 0 Å². The van der Waals surface area contributed by atoms with Crippen LogP contribution in [0.15, 0.2) is 0 Å². The van der Waals surface area contributed by atoms with E-state index >= 15 is 0 Å². The van der Waals surface area contributed by atoms with Gasteiger partial charge in [0.25, 0.3) is 0 Å². The SMILES string of the molecule is CC(=O)NC1(C)CCC1.CN.[HH].[HH]. The number of nitrogens with two attached hydrogens (primary N) is 1. The molecule has 1 rings (SSSR count). The molecule has 1 amide bonds. The fourth-order valence-electron chi connectivity index (χ4n) is 1.26. The smallest absolute Gasteiger partial charge is 0.217 e. The Kier molecular flexibility index (Phi) is 4.11. The number of rotatable bonds is 1. The maximum Gasteiger partial charge on any atom is 0.217 e. The third-order valence-electron chi connectivity index (χ3n) is 1.93. The monoisotopic (exact) mass is 162 g/mol. The Hall–Kier alpha value is -0.570. The Morgan fingerprint density at radius 1 is 1.55 bits per heavy atom. The summed E-state index contributed by atoms with van der Waals surface area (Å²) < 4.78 is 0. The van der Waals surface area contributed by atoms with Crippen molar-refractivity contribution in [3.63, 3.8) is 0 Å². The first-order chi connectivity index (χ1) is 5.12. The number of hydrogen-bond acceptors (Lipinski definition) is 2. The Balaban J connectivity index is -0.000000234. The van der Waals surface area contributed by atoms with Gasteiger partial charge in [-0.15, -0.1) is 0 Å². The van der Waals surface area contributed by atoms with E-state index in [1.54, 1.807) is 6.92 Å². The number of carbonyl (C=O) groups is 1. The third kappa shape index (κ3) is 3.37. The lowest BCUT2D eigenvalue weighted by Crippen LogP contribution is -2.50. The van der Waals surface area contributed by atoms with Crippen molar-refractivity contribution in [2.75, 3.05) is 7.05 Å². The summed E-state index contributed by atoms with van der Waals surface area (Å²) in [7, 11) is 1.50. The predicted molar refractivity (Wildman–Crippen MR) is 50.4 cm³/mol. The molecule has 11 heavy (non-hydrogen) atoms. The molecule has 1 fully saturated rings. The molecule has 70 valence electrons. The first-order valence-corrected chi connectivity index (χ1v) is 3.99. The van der Waals surface area contributed by atoms with Gasteiger partial charge in [-0.25, -0.2) is 0 Å². The maximum absolute atomic E-state index is 10.5. The molecule has 0 bridgehead atoms. The topological polar surface area (TPSA) is 55.1 Å². The number of hydrogen-bond donors (Lipinski definition) is 2. The van der Waals surface area contributed by atoms with Crippen LogP contribution in [0.25, 0.3) is 0 Å². The molecular formula is C8H22N2O. The van der Waals surface area contributed by atoms with Crippen LogP contribution in [0.1, 0.15) is 36.0 Å². The van der Waals surface area contributed by atoms with Crippen LogP contribution >= 0.6 is 0 Å². The quantitative estimate of drug-likeness (QED) is 0.607. The molecule has 3 heteroatoms. The number of carbonyl (C=O) groups excluding carboxylic acids is 1. The van der Waals surface area contributed by atoms with Gasteiger partial charge in [-0.3, -0.25) is 4.79 Å². The predicted octanol–water partition coefficient (Wildman–Crippen LogP) is 1.13. The number of amides is 1. The van der Waals surface area contributed by atoms with Gasteiger partial charge in [-0.2, -0.15) is 0 Å². The Labute approximate surface area is 71.3 Å². The van der Waals surface area contributed by atoms with Crippen LogP contribution in [0.2, 0.25) is 0 Å². The lowest BCUT2D eigenvalue weighted by Gasteiger charge is -2.38. The first kappa shape index (κ1) is 10.4. The lowest BCUT2D eigenvalue weighted by molar-refractivity contribution is -0.121. The van der Waals surface area contributed by atoms with Gasteiger partial charge in [0.15, 0.2) is 0 Å². The zero-order chi connectivity index (χ0) is 8.91. The maximum atomic E-state index is 10.5. The third-order valence-corrected chi connectivity index (χ3v) is 1.93. The van der Waals surface area contributed by atoms with Crippen LogP contribution in [0.4, 0.5) is 0 Å². The molecular weight excluding hydrogens is 140 g/mol. The summed E-state index contributed by atoms with van der Waals surface area (Å²) in [5.41, 5.74) is 4.64. The highest BCUT2D eigenvalue weighted by Gasteiger charge is 2.31. The zero-order valence-corrected chi connectivity index (χ0v) is 7.61. The Bertz CT molecular complexity index is 138. The van der Waals surface area contributed by atoms with Crippen molar-refractivity contribution in [2.45, 2.75) is 38.6 Å². The van der Waals surface area contributed by atoms with E-state index in [0.29, 0.717) is 0 Å². The summed E-state index contributed by atoms with van der Waals surface area (Å²) in [6.45, 7) is 3.67. The minimum atomic E-state index is 0. The van der Waals surface area contributed by atoms with Gasteiger partial charge >= 0.3 is 0 Å². The zero-order valence-electron chi connectivity index (χ0n) is 7.61. The van der Waals surface area contributed by atoms with Gasteiger partial charge in [0.2, 0.25) is 5.91 Å². The summed E-state index contributed by atoms with van der Waals surface area (Å²) in [5, 5.41) is 2.92. The van der Waals surface area contributed by atoms with Crippen LogP contribution in [-0.4, -0.2) is 18.5 Å². The molecule has 0 aromatic carbocycles. The normalized spacial score (nSPS) is 18.9. The van der Waals surface area contributed by atoms with E-state index in [-0.39, 0.29) is 14.3 Å². The lowest BCUT2D eigenvalue weighted by atomic mass is 9.78. The highest BCUT2D eigenvalue weighted by atomic mass is 16.1. The second-order valence-electron chi connectivity index (χ2n) is 3.10. The first-order valence-electron chi connectivity index (χ1n) is 3.99. The Morgan fingerprint density at radius 3 is 2.09 bits per heavy atom. The summed E-state index contributed by atoms with van der Waals surface area (Å²) in [6.07, 6.45) is 3.55. The minimum Gasteiger partial charge on any atom is -0.351 e. The van der Waals surface area contributed by atoms with Crippen LogP contribution in [0.3, 0.4) is 0 Å². The molecule has 0 atom stereocenters. The summed E-state index contributed by atoms with van der Waals surface area (Å²) in [4.78, 5) is 10.5. The molecule has 3 N–H and O–H groups in total. The van der Waals surface area contributed by atoms with Gasteiger partial charge in [-0.1, -0.05) is 0 Å². The summed E-state index contributed by atoms with van der Waals surface area (Å²) in [6, 6.07) is 0. The second kappa shape index (κ2) is 4.34. The fourth-order valence-corrected chi connectivity index (χ4v) is 1.26. The number of nitrogens with one attached hydrogen (secondary N) is 1. The van der Waals surface area contributed by atoms with Crippen molar-refractivity contribution in [2.24, 2.45) is 5.73 Å². The van der Waals surface area contributed by atoms with Crippen LogP contribution in [0.5, 0.6) is 0 Å². The van der Waals surface area contributed by atoms with Gasteiger partial charge in [0, 0.05) is 15.3 Å². The van der Waals surface area contributed by atoms with Gasteiger partial charge in [0.05, 0.1) is 0 Å². The Morgan fingerprint density at radius 2 is 2.00 bits per heavy atom. The van der Waals surface area contributed by atoms with Gasteiger partial charge in [0.1, 0.15) is 0 Å². The van der Waals surface area contributed by atoms with E-state index in [2.05, 4.69) is 18.0 Å². The highest BCUT2D eigenvalue weighted by molar-refractivity contribution is 5.73. The fraction of sp³-hybridized carbons (Fsp3) is 0.875. The van der Waals surface area contributed by atoms with Crippen molar-refractivity contribution >= 4 is 5.91 Å². The standard InChI is InChI=1S/C7H13NO.CH5N.2H2/c1-6(9)8-7(2)4-3-5-7;1-2;;/h3-5H2,1-2H3,(H,8,9);2H2,1H3;2*1H. The average molecular weight is 162 g/mol. The van der Waals surface area contributed by atoms with Crippen molar-refractivity contribution < 1.29 is 7.65 Å². The van der Waals surface area contributed by atoms with Crippen molar-refractivity contribution in [1.82, 2.24) is 5.32 Å². The minimum absolute atomic E-state index is 0. The van der Waals surface area contributed by atoms with Crippen LogP contribution in [-0.2, 0) is 4.79 Å². The van der Waals surface area contributed by atoms with Crippen LogP contribution in [0, 0.1) is 0 Å². The molecule has 0 unspecified atom stereocenters. The molecule has 0 aromatic heterocycles. The van der Waals surface area contributed by atoms with E-state index in [0.717, 1.165) is 12.8 Å². The summed E-state index contributed by atoms with van der Waals surface area (Å²) in [5.74, 6) is 0.0946. The highest BCUT2D eigenvalue weighted by Crippen LogP contribution is 2.30. The molecule has 0 aromatic rings. The molecule has 0 radical (unpaired) electrons. The molecule has 3 nitrogen and oxygen atoms in total. The van der Waals surface area contributed by atoms with E-state index in [1.165, 1.54) is 13.5 Å². The molecule has 0 spiro atoms. The van der Waals surface area contributed by atoms with E-state index in [4.69, 9.17) is 0 Å². The molecule has 1 aliphatic carbocycles. The second-order valence-corrected chi connectivity index (χ2v) is 3.10. The molecule has 0 heterocycles. The molecule has 1 saturated carbocycles. The van der Waals surface area contributed by atoms with Gasteiger partial charge in [-0.05, 0) is 33.2 Å². The average Bonchev–Trinajstić information content (AvgIpc) is 1.88. The van der Waals surface area contributed by atoms with E-state index in [1.807, 2.05) is 0 Å². The molecule has 1 aliphatic rings. The molecule has 0 aliphatic heterocycles. The van der Waals surface area contributed by atoms with Gasteiger partial charge < -0.3 is 11.1 Å². The summed E-state index contributed by atoms with van der Waals surface area (Å²) >= 11 is 0. The van der Waals surface area contributed by atoms with Crippen molar-refractivity contribution in [3.8, 4) is 0 Å². The van der Waals surface area contributed by atoms with E-state index < -0.39 is 0 Å². The van der Waals surface area contributed by atoms with Crippen LogP contribution < -0.4 is 11.1 Å². The van der Waals surface area contributed by atoms with E-state index in [9.17, 15) is 4.79 Å². The molecule has 0 saturated heterocycles. The largest absolute Gasteiger partial charge is 0.351 e. The van der Waals surface area contributed by atoms with Crippen molar-refractivity contribution in [1.29, 1.82) is 0 Å².